The number of rotatable bonds is 8. The first-order valence-electron chi connectivity index (χ1n) is 9.42. The van der Waals surface area contributed by atoms with E-state index < -0.39 is 5.54 Å². The zero-order chi connectivity index (χ0) is 19.3. The van der Waals surface area contributed by atoms with Crippen molar-refractivity contribution in [2.45, 2.75) is 45.2 Å². The van der Waals surface area contributed by atoms with Crippen molar-refractivity contribution in [1.29, 1.82) is 0 Å². The minimum absolute atomic E-state index is 0.192. The Labute approximate surface area is 159 Å². The number of halogens is 1. The summed E-state index contributed by atoms with van der Waals surface area (Å²) in [5.41, 5.74) is 1.89. The van der Waals surface area contributed by atoms with Gasteiger partial charge in [-0.1, -0.05) is 48.5 Å². The van der Waals surface area contributed by atoms with Crippen molar-refractivity contribution in [3.05, 3.63) is 65.9 Å². The molecule has 0 spiro atoms. The number of unbranched alkanes of at least 4 members (excludes halogenated alkanes) is 2. The number of benzene rings is 2. The zero-order valence-corrected chi connectivity index (χ0v) is 15.9. The van der Waals surface area contributed by atoms with E-state index in [2.05, 4.69) is 10.4 Å². The van der Waals surface area contributed by atoms with Gasteiger partial charge in [-0.15, -0.1) is 0 Å². The molecule has 0 saturated heterocycles. The predicted octanol–water partition coefficient (Wildman–Crippen LogP) is 4.84. The van der Waals surface area contributed by atoms with E-state index in [1.807, 2.05) is 73.1 Å². The second-order valence-corrected chi connectivity index (χ2v) is 7.28. The first-order chi connectivity index (χ1) is 13.0. The molecule has 5 heteroatoms. The maximum absolute atomic E-state index is 13.0. The van der Waals surface area contributed by atoms with E-state index in [9.17, 15) is 9.18 Å². The van der Waals surface area contributed by atoms with Crippen LogP contribution < -0.4 is 5.32 Å². The number of amides is 1. The van der Waals surface area contributed by atoms with Crippen LogP contribution in [0.2, 0.25) is 0 Å². The zero-order valence-electron chi connectivity index (χ0n) is 15.9. The molecule has 1 N–H and O–H groups in total. The lowest BCUT2D eigenvalue weighted by Crippen LogP contribution is -2.41. The van der Waals surface area contributed by atoms with Crippen LogP contribution in [-0.4, -0.2) is 22.4 Å². The summed E-state index contributed by atoms with van der Waals surface area (Å²) >= 11 is 0. The summed E-state index contributed by atoms with van der Waals surface area (Å²) in [5.74, 6) is -0.192. The van der Waals surface area contributed by atoms with E-state index >= 15 is 0 Å². The minimum Gasteiger partial charge on any atom is -0.342 e. The fraction of sp³-hybridized carbons (Fsp3) is 0.364. The van der Waals surface area contributed by atoms with Crippen LogP contribution in [0.1, 0.15) is 49.2 Å². The predicted molar refractivity (Wildman–Crippen MR) is 106 cm³/mol. The molecule has 0 aliphatic heterocycles. The quantitative estimate of drug-likeness (QED) is 0.579. The molecule has 0 saturated carbocycles. The number of carbonyl (C=O) groups excluding carboxylic acids is 1. The Morgan fingerprint density at radius 2 is 1.74 bits per heavy atom. The van der Waals surface area contributed by atoms with Crippen molar-refractivity contribution >= 4 is 16.8 Å². The van der Waals surface area contributed by atoms with Gasteiger partial charge in [0.2, 0.25) is 0 Å². The third kappa shape index (κ3) is 4.35. The second-order valence-electron chi connectivity index (χ2n) is 7.28. The maximum Gasteiger partial charge on any atom is 0.273 e. The molecule has 0 atom stereocenters. The van der Waals surface area contributed by atoms with E-state index in [4.69, 9.17) is 0 Å². The molecule has 27 heavy (non-hydrogen) atoms. The number of aryl methyl sites for hydroxylation is 1. The van der Waals surface area contributed by atoms with Gasteiger partial charge >= 0.3 is 0 Å². The normalized spacial score (nSPS) is 11.7. The van der Waals surface area contributed by atoms with Crippen LogP contribution in [-0.2, 0) is 12.1 Å². The highest BCUT2D eigenvalue weighted by Crippen LogP contribution is 2.23. The Kier molecular flexibility index (Phi) is 5.89. The van der Waals surface area contributed by atoms with Crippen LogP contribution in [0.3, 0.4) is 0 Å². The number of carbonyl (C=O) groups is 1. The average Bonchev–Trinajstić information content (AvgIpc) is 3.05. The average molecular weight is 367 g/mol. The molecule has 1 amide bonds. The molecule has 4 nitrogen and oxygen atoms in total. The van der Waals surface area contributed by atoms with Crippen molar-refractivity contribution < 1.29 is 9.18 Å². The molecule has 0 aliphatic rings. The monoisotopic (exact) mass is 367 g/mol. The summed E-state index contributed by atoms with van der Waals surface area (Å²) in [6, 6.07) is 17.6. The Morgan fingerprint density at radius 1 is 1.04 bits per heavy atom. The summed E-state index contributed by atoms with van der Waals surface area (Å²) in [6.45, 7) is 4.35. The van der Waals surface area contributed by atoms with Gasteiger partial charge in [0, 0.05) is 11.9 Å². The van der Waals surface area contributed by atoms with Crippen LogP contribution >= 0.6 is 0 Å². The van der Waals surface area contributed by atoms with E-state index in [1.54, 1.807) is 0 Å². The highest BCUT2D eigenvalue weighted by atomic mass is 19.1. The molecule has 1 heterocycles. The van der Waals surface area contributed by atoms with Gasteiger partial charge in [-0.25, -0.2) is 0 Å². The fourth-order valence-electron chi connectivity index (χ4n) is 3.27. The molecule has 0 aliphatic carbocycles. The van der Waals surface area contributed by atoms with Gasteiger partial charge in [-0.05, 0) is 44.7 Å². The van der Waals surface area contributed by atoms with E-state index in [0.717, 1.165) is 29.3 Å². The highest BCUT2D eigenvalue weighted by molar-refractivity contribution is 6.05. The number of aromatic nitrogens is 2. The summed E-state index contributed by atoms with van der Waals surface area (Å²) in [5, 5.41) is 8.52. The fourth-order valence-corrected chi connectivity index (χ4v) is 3.27. The van der Waals surface area contributed by atoms with Crippen LogP contribution in [0.15, 0.2) is 54.6 Å². The molecular formula is C22H26FN3O. The van der Waals surface area contributed by atoms with Gasteiger partial charge in [0.15, 0.2) is 5.69 Å². The molecule has 3 rings (SSSR count). The largest absolute Gasteiger partial charge is 0.342 e. The van der Waals surface area contributed by atoms with Crippen molar-refractivity contribution in [2.75, 3.05) is 6.67 Å². The third-order valence-corrected chi connectivity index (χ3v) is 4.80. The molecule has 142 valence electrons. The first-order valence-corrected chi connectivity index (χ1v) is 9.42. The topological polar surface area (TPSA) is 46.9 Å². The van der Waals surface area contributed by atoms with Gasteiger partial charge in [-0.3, -0.25) is 13.9 Å². The van der Waals surface area contributed by atoms with Gasteiger partial charge in [0.25, 0.3) is 5.91 Å². The summed E-state index contributed by atoms with van der Waals surface area (Å²) in [4.78, 5) is 13.0. The number of nitrogens with one attached hydrogen (secondary N) is 1. The van der Waals surface area contributed by atoms with E-state index in [1.165, 1.54) is 0 Å². The van der Waals surface area contributed by atoms with Gasteiger partial charge in [-0.2, -0.15) is 5.10 Å². The molecule has 3 aromatic rings. The standard InChI is InChI=1S/C22H26FN3O/c1-22(2,17-11-5-3-6-12-17)24-21(27)20-18-13-7-8-14-19(18)26(25-20)16-10-4-9-15-23/h3,5-8,11-14H,4,9-10,15-16H2,1-2H3,(H,24,27). The van der Waals surface area contributed by atoms with Crippen LogP contribution in [0.25, 0.3) is 10.9 Å². The second kappa shape index (κ2) is 8.33. The molecule has 0 bridgehead atoms. The van der Waals surface area contributed by atoms with Gasteiger partial charge in [0.05, 0.1) is 17.7 Å². The maximum atomic E-state index is 13.0. The molecule has 0 unspecified atom stereocenters. The van der Waals surface area contributed by atoms with Crippen LogP contribution in [0.5, 0.6) is 0 Å². The molecule has 0 radical (unpaired) electrons. The number of alkyl halides is 1. The lowest BCUT2D eigenvalue weighted by Gasteiger charge is -2.26. The highest BCUT2D eigenvalue weighted by Gasteiger charge is 2.26. The lowest BCUT2D eigenvalue weighted by atomic mass is 9.94. The van der Waals surface area contributed by atoms with Crippen LogP contribution in [0, 0.1) is 0 Å². The summed E-state index contributed by atoms with van der Waals surface area (Å²) < 4.78 is 14.2. The smallest absolute Gasteiger partial charge is 0.273 e. The van der Waals surface area contributed by atoms with Crippen molar-refractivity contribution in [3.63, 3.8) is 0 Å². The van der Waals surface area contributed by atoms with Gasteiger partial charge < -0.3 is 5.32 Å². The Morgan fingerprint density at radius 3 is 2.48 bits per heavy atom. The van der Waals surface area contributed by atoms with Gasteiger partial charge in [0.1, 0.15) is 0 Å². The number of hydrogen-bond donors (Lipinski definition) is 1. The van der Waals surface area contributed by atoms with Crippen molar-refractivity contribution in [3.8, 4) is 0 Å². The van der Waals surface area contributed by atoms with E-state index in [0.29, 0.717) is 18.7 Å². The Bertz CT molecular complexity index is 902. The molecule has 0 fully saturated rings. The molecule has 1 aromatic heterocycles. The summed E-state index contributed by atoms with van der Waals surface area (Å²) in [6.07, 6.45) is 2.22. The molecule has 2 aromatic carbocycles. The minimum atomic E-state index is -0.510. The Hall–Kier alpha value is -2.69. The van der Waals surface area contributed by atoms with Crippen molar-refractivity contribution in [2.24, 2.45) is 0 Å². The third-order valence-electron chi connectivity index (χ3n) is 4.80. The molecular weight excluding hydrogens is 341 g/mol. The van der Waals surface area contributed by atoms with Crippen LogP contribution in [0.4, 0.5) is 4.39 Å². The lowest BCUT2D eigenvalue weighted by molar-refractivity contribution is 0.0907. The number of nitrogens with zero attached hydrogens (tertiary/aromatic N) is 2. The Balaban J connectivity index is 1.84. The van der Waals surface area contributed by atoms with Crippen molar-refractivity contribution in [1.82, 2.24) is 15.1 Å². The number of hydrogen-bond acceptors (Lipinski definition) is 2. The first kappa shape index (κ1) is 19.1. The number of para-hydroxylation sites is 1. The van der Waals surface area contributed by atoms with E-state index in [-0.39, 0.29) is 12.6 Å². The number of fused-ring (bicyclic) bond motifs is 1. The summed E-state index contributed by atoms with van der Waals surface area (Å²) in [7, 11) is 0. The SMILES string of the molecule is CC(C)(NC(=O)c1nn(CCCCCF)c2ccccc12)c1ccccc1.